The molecule has 0 aliphatic carbocycles. The zero-order valence-electron chi connectivity index (χ0n) is 16.3. The second-order valence-corrected chi connectivity index (χ2v) is 8.68. The highest BCUT2D eigenvalue weighted by molar-refractivity contribution is 7.13. The summed E-state index contributed by atoms with van der Waals surface area (Å²) in [4.78, 5) is 43.2. The van der Waals surface area contributed by atoms with Crippen LogP contribution in [0.5, 0.6) is 0 Å². The second-order valence-electron chi connectivity index (χ2n) is 6.66. The topological polar surface area (TPSA) is 91.4 Å². The maximum Gasteiger partial charge on any atom is 0.283 e. The fourth-order valence-corrected chi connectivity index (χ4v) is 4.23. The first-order valence-electron chi connectivity index (χ1n) is 9.09. The van der Waals surface area contributed by atoms with Gasteiger partial charge in [-0.25, -0.2) is 9.88 Å². The van der Waals surface area contributed by atoms with Gasteiger partial charge in [0.2, 0.25) is 0 Å². The number of hydrogen-bond donors (Lipinski definition) is 2. The van der Waals surface area contributed by atoms with E-state index in [2.05, 4.69) is 15.6 Å². The molecular formula is C21H13Cl3N4O3S. The largest absolute Gasteiger partial charge is 0.350 e. The van der Waals surface area contributed by atoms with Crippen LogP contribution in [0.1, 0.15) is 16.1 Å². The molecule has 0 saturated heterocycles. The summed E-state index contributed by atoms with van der Waals surface area (Å²) in [6.07, 6.45) is 0. The number of amides is 3. The molecule has 1 aromatic heterocycles. The average molecular weight is 508 g/mol. The minimum absolute atomic E-state index is 0.0534. The fraction of sp³-hybridized carbons (Fsp3) is 0.0476. The van der Waals surface area contributed by atoms with Gasteiger partial charge in [0.1, 0.15) is 10.7 Å². The van der Waals surface area contributed by atoms with E-state index in [0.717, 1.165) is 10.6 Å². The molecule has 32 heavy (non-hydrogen) atoms. The Labute approximate surface area is 201 Å². The smallest absolute Gasteiger partial charge is 0.283 e. The van der Waals surface area contributed by atoms with Gasteiger partial charge in [-0.15, -0.1) is 11.3 Å². The zero-order valence-corrected chi connectivity index (χ0v) is 19.4. The highest BCUT2D eigenvalue weighted by Crippen LogP contribution is 2.37. The first-order valence-corrected chi connectivity index (χ1v) is 11.1. The lowest BCUT2D eigenvalue weighted by Gasteiger charge is -2.17. The number of carbonyl (C=O) groups excluding carboxylic acids is 3. The molecule has 0 radical (unpaired) electrons. The Morgan fingerprint density at radius 3 is 2.53 bits per heavy atom. The molecule has 11 heteroatoms. The average Bonchev–Trinajstić information content (AvgIpc) is 3.26. The Hall–Kier alpha value is -2.91. The van der Waals surface area contributed by atoms with Crippen molar-refractivity contribution in [2.24, 2.45) is 0 Å². The summed E-state index contributed by atoms with van der Waals surface area (Å²) in [7, 11) is 0. The maximum absolute atomic E-state index is 13.0. The molecule has 3 aromatic rings. The van der Waals surface area contributed by atoms with E-state index in [4.69, 9.17) is 34.8 Å². The third kappa shape index (κ3) is 4.22. The Morgan fingerprint density at radius 2 is 1.81 bits per heavy atom. The number of hydrogen-bond acceptors (Lipinski definition) is 6. The highest BCUT2D eigenvalue weighted by atomic mass is 35.5. The van der Waals surface area contributed by atoms with Crippen molar-refractivity contribution in [1.82, 2.24) is 4.98 Å². The van der Waals surface area contributed by atoms with E-state index < -0.39 is 11.8 Å². The standard InChI is InChI=1S/C21H13Cl3N4O3S/c1-10-9-32-21(25-10)27-18(29)11-4-2-5-12(8-11)26-17-16(24)19(30)28(20(17)31)14-7-3-6-13(22)15(14)23/h2-9,26H,1H3,(H,25,27,29). The molecule has 162 valence electrons. The number of benzene rings is 2. The summed E-state index contributed by atoms with van der Waals surface area (Å²) in [5.74, 6) is -1.81. The molecule has 2 aromatic carbocycles. The Bertz CT molecular complexity index is 1300. The maximum atomic E-state index is 13.0. The highest BCUT2D eigenvalue weighted by Gasteiger charge is 2.40. The van der Waals surface area contributed by atoms with Gasteiger partial charge in [0.05, 0.1) is 21.4 Å². The van der Waals surface area contributed by atoms with Crippen molar-refractivity contribution < 1.29 is 14.4 Å². The molecule has 1 aliphatic heterocycles. The van der Waals surface area contributed by atoms with Crippen LogP contribution in [0.3, 0.4) is 0 Å². The van der Waals surface area contributed by atoms with Gasteiger partial charge < -0.3 is 5.32 Å². The molecule has 0 saturated carbocycles. The normalized spacial score (nSPS) is 13.7. The Balaban J connectivity index is 1.57. The van der Waals surface area contributed by atoms with Gasteiger partial charge in [0.25, 0.3) is 17.7 Å². The van der Waals surface area contributed by atoms with Crippen molar-refractivity contribution in [3.8, 4) is 0 Å². The predicted octanol–water partition coefficient (Wildman–Crippen LogP) is 5.45. The van der Waals surface area contributed by atoms with Crippen LogP contribution in [0.25, 0.3) is 0 Å². The van der Waals surface area contributed by atoms with Crippen molar-refractivity contribution in [2.45, 2.75) is 6.92 Å². The quantitative estimate of drug-likeness (QED) is 0.448. The number of aromatic nitrogens is 1. The SMILES string of the molecule is Cc1csc(NC(=O)c2cccc(NC3=C(Cl)C(=O)N(c4cccc(Cl)c4Cl)C3=O)c2)n1. The van der Waals surface area contributed by atoms with Gasteiger partial charge in [-0.05, 0) is 37.3 Å². The lowest BCUT2D eigenvalue weighted by Crippen LogP contribution is -2.32. The van der Waals surface area contributed by atoms with Gasteiger partial charge >= 0.3 is 0 Å². The molecule has 7 nitrogen and oxygen atoms in total. The summed E-state index contributed by atoms with van der Waals surface area (Å²) in [6, 6.07) is 11.0. The second kappa shape index (κ2) is 8.91. The van der Waals surface area contributed by atoms with Crippen LogP contribution in [-0.2, 0) is 9.59 Å². The molecule has 0 bridgehead atoms. The lowest BCUT2D eigenvalue weighted by molar-refractivity contribution is -0.120. The number of carbonyl (C=O) groups is 3. The van der Waals surface area contributed by atoms with Gasteiger partial charge in [-0.2, -0.15) is 0 Å². The van der Waals surface area contributed by atoms with Crippen molar-refractivity contribution in [1.29, 1.82) is 0 Å². The number of nitrogens with zero attached hydrogens (tertiary/aromatic N) is 2. The van der Waals surface area contributed by atoms with Crippen LogP contribution in [0, 0.1) is 6.92 Å². The van der Waals surface area contributed by atoms with E-state index in [9.17, 15) is 14.4 Å². The lowest BCUT2D eigenvalue weighted by atomic mass is 10.2. The molecule has 0 fully saturated rings. The van der Waals surface area contributed by atoms with Crippen molar-refractivity contribution in [3.63, 3.8) is 0 Å². The van der Waals surface area contributed by atoms with Crippen LogP contribution in [0.15, 0.2) is 58.6 Å². The summed E-state index contributed by atoms with van der Waals surface area (Å²) in [6.45, 7) is 1.83. The number of halogens is 3. The monoisotopic (exact) mass is 506 g/mol. The minimum atomic E-state index is -0.739. The molecule has 0 unspecified atom stereocenters. The fourth-order valence-electron chi connectivity index (χ4n) is 2.96. The molecule has 4 rings (SSSR count). The van der Waals surface area contributed by atoms with Crippen molar-refractivity contribution in [3.05, 3.63) is 79.9 Å². The number of aryl methyl sites for hydroxylation is 1. The van der Waals surface area contributed by atoms with Gasteiger partial charge in [-0.1, -0.05) is 46.9 Å². The van der Waals surface area contributed by atoms with Crippen molar-refractivity contribution in [2.75, 3.05) is 15.5 Å². The summed E-state index contributed by atoms with van der Waals surface area (Å²) in [5.41, 5.74) is 1.50. The Kier molecular flexibility index (Phi) is 6.21. The first kappa shape index (κ1) is 22.3. The third-order valence-electron chi connectivity index (χ3n) is 4.43. The third-order valence-corrected chi connectivity index (χ3v) is 6.47. The van der Waals surface area contributed by atoms with Gasteiger partial charge in [0.15, 0.2) is 5.13 Å². The van der Waals surface area contributed by atoms with Crippen LogP contribution in [0.2, 0.25) is 10.0 Å². The molecule has 1 aliphatic rings. The van der Waals surface area contributed by atoms with E-state index >= 15 is 0 Å². The molecule has 2 heterocycles. The van der Waals surface area contributed by atoms with E-state index in [1.807, 2.05) is 12.3 Å². The van der Waals surface area contributed by atoms with Crippen molar-refractivity contribution >= 4 is 80.4 Å². The number of thiazole rings is 1. The van der Waals surface area contributed by atoms with Crippen LogP contribution in [0.4, 0.5) is 16.5 Å². The van der Waals surface area contributed by atoms with Crippen LogP contribution >= 0.6 is 46.1 Å². The number of anilines is 3. The van der Waals surface area contributed by atoms with E-state index in [0.29, 0.717) is 16.4 Å². The number of rotatable bonds is 5. The van der Waals surface area contributed by atoms with Crippen LogP contribution < -0.4 is 15.5 Å². The summed E-state index contributed by atoms with van der Waals surface area (Å²) >= 11 is 19.7. The summed E-state index contributed by atoms with van der Waals surface area (Å²) < 4.78 is 0. The van der Waals surface area contributed by atoms with E-state index in [1.165, 1.54) is 29.5 Å². The van der Waals surface area contributed by atoms with E-state index in [-0.39, 0.29) is 32.4 Å². The number of imide groups is 1. The first-order chi connectivity index (χ1) is 15.3. The van der Waals surface area contributed by atoms with Gasteiger partial charge in [0, 0.05) is 16.6 Å². The van der Waals surface area contributed by atoms with E-state index in [1.54, 1.807) is 24.3 Å². The van der Waals surface area contributed by atoms with Gasteiger partial charge in [-0.3, -0.25) is 19.7 Å². The van der Waals surface area contributed by atoms with Crippen LogP contribution in [-0.4, -0.2) is 22.7 Å². The molecule has 0 atom stereocenters. The molecular weight excluding hydrogens is 495 g/mol. The predicted molar refractivity (Wildman–Crippen MR) is 127 cm³/mol. The molecule has 0 spiro atoms. The Morgan fingerprint density at radius 1 is 1.06 bits per heavy atom. The zero-order chi connectivity index (χ0) is 23.0. The summed E-state index contributed by atoms with van der Waals surface area (Å²) in [5, 5.41) is 7.78. The molecule has 2 N–H and O–H groups in total. The minimum Gasteiger partial charge on any atom is -0.350 e. The molecule has 3 amide bonds. The number of nitrogens with one attached hydrogen (secondary N) is 2.